The van der Waals surface area contributed by atoms with E-state index in [0.717, 1.165) is 11.4 Å². The highest BCUT2D eigenvalue weighted by Crippen LogP contribution is 2.25. The van der Waals surface area contributed by atoms with Crippen molar-refractivity contribution in [1.29, 1.82) is 0 Å². The van der Waals surface area contributed by atoms with Gasteiger partial charge in [0, 0.05) is 30.1 Å². The Hall–Kier alpha value is -3.85. The molecule has 9 heteroatoms. The number of ketones is 1. The van der Waals surface area contributed by atoms with E-state index in [2.05, 4.69) is 5.16 Å². The number of carbonyl (C=O) groups excluding carboxylic acids is 1. The molecule has 0 spiro atoms. The van der Waals surface area contributed by atoms with Crippen LogP contribution in [-0.4, -0.2) is 37.6 Å². The van der Waals surface area contributed by atoms with E-state index in [1.165, 1.54) is 11.4 Å². The van der Waals surface area contributed by atoms with E-state index < -0.39 is 10.0 Å². The minimum absolute atomic E-state index is 0.153. The van der Waals surface area contributed by atoms with E-state index in [9.17, 15) is 13.2 Å². The number of aromatic nitrogens is 2. The molecule has 0 atom stereocenters. The van der Waals surface area contributed by atoms with Gasteiger partial charge < -0.3 is 9.26 Å². The van der Waals surface area contributed by atoms with Crippen LogP contribution in [0.3, 0.4) is 0 Å². The number of ether oxygens (including phenoxy) is 1. The second-order valence-corrected chi connectivity index (χ2v) is 9.88. The Kier molecular flexibility index (Phi) is 6.30. The Morgan fingerprint density at radius 1 is 1.03 bits per heavy atom. The first-order chi connectivity index (χ1) is 16.2. The van der Waals surface area contributed by atoms with Gasteiger partial charge in [-0.25, -0.2) is 8.42 Å². The third kappa shape index (κ3) is 4.47. The molecule has 2 aromatic heterocycles. The maximum Gasteiger partial charge on any atom is 0.264 e. The molecule has 0 saturated heterocycles. The fourth-order valence-electron chi connectivity index (χ4n) is 3.72. The lowest BCUT2D eigenvalue weighted by molar-refractivity contribution is 0.0921. The topological polar surface area (TPSA) is 94.6 Å². The first-order valence-corrected chi connectivity index (χ1v) is 12.0. The SMILES string of the molecule is Cc1cc(-n2c(C)cc(C(=O)COc3ccc(N(C)S(=O)(=O)c4ccccc4)cc3)c2C)no1. The van der Waals surface area contributed by atoms with Crippen LogP contribution in [-0.2, 0) is 10.0 Å². The number of hydrogen-bond acceptors (Lipinski definition) is 6. The molecule has 0 amide bonds. The van der Waals surface area contributed by atoms with E-state index in [1.54, 1.807) is 66.7 Å². The summed E-state index contributed by atoms with van der Waals surface area (Å²) in [7, 11) is -2.18. The van der Waals surface area contributed by atoms with E-state index in [1.807, 2.05) is 25.3 Å². The van der Waals surface area contributed by atoms with Gasteiger partial charge in [0.15, 0.2) is 12.4 Å². The largest absolute Gasteiger partial charge is 0.485 e. The monoisotopic (exact) mass is 479 g/mol. The van der Waals surface area contributed by atoms with Crippen molar-refractivity contribution in [1.82, 2.24) is 9.72 Å². The fraction of sp³-hybridized carbons (Fsp3) is 0.200. The van der Waals surface area contributed by atoms with E-state index >= 15 is 0 Å². The molecular weight excluding hydrogens is 454 g/mol. The summed E-state index contributed by atoms with van der Waals surface area (Å²) in [6, 6.07) is 18.4. The van der Waals surface area contributed by atoms with Gasteiger partial charge in [0.25, 0.3) is 10.0 Å². The molecule has 0 aliphatic heterocycles. The van der Waals surface area contributed by atoms with Crippen molar-refractivity contribution in [2.24, 2.45) is 0 Å². The number of aryl methyl sites for hydroxylation is 2. The molecule has 34 heavy (non-hydrogen) atoms. The van der Waals surface area contributed by atoms with Gasteiger partial charge in [-0.05, 0) is 63.2 Å². The maximum absolute atomic E-state index is 12.8. The Morgan fingerprint density at radius 2 is 1.71 bits per heavy atom. The summed E-state index contributed by atoms with van der Waals surface area (Å²) in [5.74, 6) is 1.60. The second-order valence-electron chi connectivity index (χ2n) is 7.91. The Morgan fingerprint density at radius 3 is 2.32 bits per heavy atom. The molecule has 4 aromatic rings. The van der Waals surface area contributed by atoms with Crippen LogP contribution in [0.4, 0.5) is 5.69 Å². The third-order valence-corrected chi connectivity index (χ3v) is 7.35. The highest BCUT2D eigenvalue weighted by Gasteiger charge is 2.21. The van der Waals surface area contributed by atoms with Gasteiger partial charge in [-0.2, -0.15) is 0 Å². The molecule has 0 bridgehead atoms. The molecule has 0 fully saturated rings. The normalized spacial score (nSPS) is 11.4. The summed E-state index contributed by atoms with van der Waals surface area (Å²) < 4.78 is 39.5. The quantitative estimate of drug-likeness (QED) is 0.346. The molecule has 2 aromatic carbocycles. The van der Waals surface area contributed by atoms with Crippen LogP contribution in [0.5, 0.6) is 5.75 Å². The number of Topliss-reactive ketones (excluding diaryl/α,β-unsaturated/α-hetero) is 1. The standard InChI is InChI=1S/C25H25N3O5S/c1-17-14-23(19(3)28(17)25-15-18(2)33-26-25)24(29)16-32-21-12-10-20(11-13-21)27(4)34(30,31)22-8-6-5-7-9-22/h5-15H,16H2,1-4H3. The molecule has 0 N–H and O–H groups in total. The van der Waals surface area contributed by atoms with Crippen LogP contribution in [0.15, 0.2) is 76.1 Å². The highest BCUT2D eigenvalue weighted by molar-refractivity contribution is 7.92. The lowest BCUT2D eigenvalue weighted by Gasteiger charge is -2.19. The van der Waals surface area contributed by atoms with Gasteiger partial charge in [-0.3, -0.25) is 13.7 Å². The van der Waals surface area contributed by atoms with Crippen LogP contribution in [0, 0.1) is 20.8 Å². The molecule has 176 valence electrons. The van der Waals surface area contributed by atoms with Gasteiger partial charge in [0.05, 0.1) is 10.6 Å². The summed E-state index contributed by atoms with van der Waals surface area (Å²) in [5, 5.41) is 4.03. The van der Waals surface area contributed by atoms with Crippen molar-refractivity contribution >= 4 is 21.5 Å². The molecule has 0 radical (unpaired) electrons. The number of anilines is 1. The first-order valence-electron chi connectivity index (χ1n) is 10.6. The van der Waals surface area contributed by atoms with Crippen LogP contribution >= 0.6 is 0 Å². The lowest BCUT2D eigenvalue weighted by Crippen LogP contribution is -2.26. The summed E-state index contributed by atoms with van der Waals surface area (Å²) in [4.78, 5) is 13.0. The first kappa shape index (κ1) is 23.3. The van der Waals surface area contributed by atoms with Crippen molar-refractivity contribution < 1.29 is 22.5 Å². The molecule has 2 heterocycles. The Bertz CT molecular complexity index is 1420. The third-order valence-electron chi connectivity index (χ3n) is 5.55. The zero-order valence-electron chi connectivity index (χ0n) is 19.3. The predicted molar refractivity (Wildman–Crippen MR) is 128 cm³/mol. The molecule has 0 aliphatic carbocycles. The summed E-state index contributed by atoms with van der Waals surface area (Å²) in [6.45, 7) is 5.40. The van der Waals surface area contributed by atoms with Crippen LogP contribution in [0.2, 0.25) is 0 Å². The maximum atomic E-state index is 12.8. The van der Waals surface area contributed by atoms with E-state index in [4.69, 9.17) is 9.26 Å². The van der Waals surface area contributed by atoms with Crippen molar-refractivity contribution in [3.63, 3.8) is 0 Å². The highest BCUT2D eigenvalue weighted by atomic mass is 32.2. The van der Waals surface area contributed by atoms with Gasteiger partial charge in [0.1, 0.15) is 11.5 Å². The van der Waals surface area contributed by atoms with Crippen LogP contribution in [0.25, 0.3) is 5.82 Å². The van der Waals surface area contributed by atoms with Crippen molar-refractivity contribution in [3.05, 3.63) is 89.4 Å². The summed E-state index contributed by atoms with van der Waals surface area (Å²) >= 11 is 0. The molecule has 8 nitrogen and oxygen atoms in total. The van der Waals surface area contributed by atoms with Crippen molar-refractivity contribution in [2.75, 3.05) is 18.0 Å². The van der Waals surface area contributed by atoms with Crippen molar-refractivity contribution in [2.45, 2.75) is 25.7 Å². The molecular formula is C25H25N3O5S. The second kappa shape index (κ2) is 9.18. The van der Waals surface area contributed by atoms with Crippen LogP contribution < -0.4 is 9.04 Å². The zero-order valence-corrected chi connectivity index (χ0v) is 20.2. The number of sulfonamides is 1. The number of carbonyl (C=O) groups is 1. The number of hydrogen-bond donors (Lipinski definition) is 0. The van der Waals surface area contributed by atoms with Gasteiger partial charge in [-0.15, -0.1) is 0 Å². The minimum Gasteiger partial charge on any atom is -0.485 e. The predicted octanol–water partition coefficient (Wildman–Crippen LogP) is 4.48. The smallest absolute Gasteiger partial charge is 0.264 e. The van der Waals surface area contributed by atoms with Gasteiger partial charge >= 0.3 is 0 Å². The molecule has 4 rings (SSSR count). The van der Waals surface area contributed by atoms with Gasteiger partial charge in [-0.1, -0.05) is 23.4 Å². The molecule has 0 aliphatic rings. The van der Waals surface area contributed by atoms with E-state index in [-0.39, 0.29) is 17.3 Å². The molecule has 0 saturated carbocycles. The number of nitrogens with zero attached hydrogens (tertiary/aromatic N) is 3. The molecule has 0 unspecified atom stereocenters. The van der Waals surface area contributed by atoms with E-state index in [0.29, 0.717) is 28.6 Å². The van der Waals surface area contributed by atoms with Crippen molar-refractivity contribution in [3.8, 4) is 11.6 Å². The number of benzene rings is 2. The number of rotatable bonds is 8. The zero-order chi connectivity index (χ0) is 24.5. The average molecular weight is 480 g/mol. The Balaban J connectivity index is 1.44. The fourth-order valence-corrected chi connectivity index (χ4v) is 4.94. The Labute approximate surface area is 198 Å². The summed E-state index contributed by atoms with van der Waals surface area (Å²) in [6.07, 6.45) is 0. The average Bonchev–Trinajstić information content (AvgIpc) is 3.39. The lowest BCUT2D eigenvalue weighted by atomic mass is 10.1. The van der Waals surface area contributed by atoms with Crippen LogP contribution in [0.1, 0.15) is 27.5 Å². The minimum atomic E-state index is -3.67. The van der Waals surface area contributed by atoms with Gasteiger partial charge in [0.2, 0.25) is 5.78 Å². The summed E-state index contributed by atoms with van der Waals surface area (Å²) in [5.41, 5.74) is 2.64.